The second-order valence-corrected chi connectivity index (χ2v) is 13.7. The minimum atomic E-state index is -0.0579. The second kappa shape index (κ2) is 10.9. The number of rotatable bonds is 10. The second-order valence-electron chi connectivity index (χ2n) is 9.95. The molecule has 2 fully saturated rings. The van der Waals surface area contributed by atoms with Crippen LogP contribution in [-0.2, 0) is 9.53 Å². The lowest BCUT2D eigenvalue weighted by Gasteiger charge is -2.29. The van der Waals surface area contributed by atoms with Crippen molar-refractivity contribution in [3.8, 4) is 0 Å². The molecule has 164 valence electrons. The Labute approximate surface area is 181 Å². The van der Waals surface area contributed by atoms with Gasteiger partial charge >= 0.3 is 5.97 Å². The molecule has 2 aliphatic heterocycles. The molecule has 2 rings (SSSR count). The van der Waals surface area contributed by atoms with Crippen molar-refractivity contribution in [1.29, 1.82) is 0 Å². The highest BCUT2D eigenvalue weighted by molar-refractivity contribution is 8.00. The standard InChI is InChI=1S/C22H42N2O2S2/c1-21(2,3)27-14-12-23-11-9-18(17-23)16-22(4,5)28-15-13-24-10-7-8-19(24)20(25)26-6/h18-19H,7-17H2,1-6H3. The summed E-state index contributed by atoms with van der Waals surface area (Å²) in [7, 11) is 1.50. The SMILES string of the molecule is COC(=O)C1CCCN1CCSC(C)(C)CC1CCN(CCSC(C)(C)C)C1. The Morgan fingerprint density at radius 2 is 1.75 bits per heavy atom. The van der Waals surface area contributed by atoms with Crippen LogP contribution < -0.4 is 0 Å². The Bertz CT molecular complexity index is 493. The summed E-state index contributed by atoms with van der Waals surface area (Å²) >= 11 is 4.16. The molecular formula is C22H42N2O2S2. The molecule has 0 bridgehead atoms. The monoisotopic (exact) mass is 430 g/mol. The molecule has 28 heavy (non-hydrogen) atoms. The Kier molecular flexibility index (Phi) is 9.50. The summed E-state index contributed by atoms with van der Waals surface area (Å²) in [4.78, 5) is 16.9. The maximum atomic E-state index is 11.9. The fourth-order valence-corrected chi connectivity index (χ4v) is 6.65. The number of carbonyl (C=O) groups excluding carboxylic acids is 1. The Morgan fingerprint density at radius 3 is 2.43 bits per heavy atom. The Hall–Kier alpha value is 0.0900. The molecule has 2 saturated heterocycles. The van der Waals surface area contributed by atoms with Gasteiger partial charge in [0.05, 0.1) is 7.11 Å². The molecule has 6 heteroatoms. The summed E-state index contributed by atoms with van der Waals surface area (Å²) in [5.41, 5.74) is 0. The molecule has 2 atom stereocenters. The molecule has 0 aliphatic carbocycles. The highest BCUT2D eigenvalue weighted by atomic mass is 32.2. The lowest BCUT2D eigenvalue weighted by Crippen LogP contribution is -2.38. The molecule has 2 aliphatic rings. The summed E-state index contributed by atoms with van der Waals surface area (Å²) in [5.74, 6) is 3.11. The van der Waals surface area contributed by atoms with Gasteiger partial charge < -0.3 is 9.64 Å². The third-order valence-corrected chi connectivity index (χ3v) is 8.39. The predicted octanol–water partition coefficient (Wildman–Crippen LogP) is 4.38. The molecule has 0 N–H and O–H groups in total. The van der Waals surface area contributed by atoms with E-state index in [-0.39, 0.29) is 12.0 Å². The topological polar surface area (TPSA) is 32.8 Å². The van der Waals surface area contributed by atoms with Crippen LogP contribution in [0.2, 0.25) is 0 Å². The van der Waals surface area contributed by atoms with E-state index in [2.05, 4.69) is 67.9 Å². The molecule has 0 spiro atoms. The normalized spacial score (nSPS) is 24.8. The third kappa shape index (κ3) is 8.45. The number of likely N-dealkylation sites (tertiary alicyclic amines) is 2. The van der Waals surface area contributed by atoms with Gasteiger partial charge in [-0.15, -0.1) is 0 Å². The average molecular weight is 431 g/mol. The number of methoxy groups -OCH3 is 1. The molecule has 2 heterocycles. The summed E-state index contributed by atoms with van der Waals surface area (Å²) in [6, 6.07) is -0.0110. The quantitative estimate of drug-likeness (QED) is 0.478. The Morgan fingerprint density at radius 1 is 1.04 bits per heavy atom. The van der Waals surface area contributed by atoms with Crippen molar-refractivity contribution in [3.63, 3.8) is 0 Å². The average Bonchev–Trinajstić information content (AvgIpc) is 3.22. The number of nitrogens with zero attached hydrogens (tertiary/aromatic N) is 2. The lowest BCUT2D eigenvalue weighted by atomic mass is 9.96. The number of ether oxygens (including phenoxy) is 1. The van der Waals surface area contributed by atoms with E-state index in [0.717, 1.165) is 37.6 Å². The summed E-state index contributed by atoms with van der Waals surface area (Å²) in [5, 5.41) is 0. The van der Waals surface area contributed by atoms with Crippen LogP contribution in [0.4, 0.5) is 0 Å². The molecule has 0 aromatic heterocycles. The number of hydrogen-bond acceptors (Lipinski definition) is 6. The van der Waals surface area contributed by atoms with Gasteiger partial charge in [-0.25, -0.2) is 0 Å². The van der Waals surface area contributed by atoms with E-state index in [9.17, 15) is 4.79 Å². The zero-order valence-electron chi connectivity index (χ0n) is 19.0. The van der Waals surface area contributed by atoms with Crippen molar-refractivity contribution in [2.75, 3.05) is 51.3 Å². The van der Waals surface area contributed by atoms with Crippen LogP contribution in [0.5, 0.6) is 0 Å². The molecule has 0 radical (unpaired) electrons. The van der Waals surface area contributed by atoms with Gasteiger partial charge in [0.1, 0.15) is 6.04 Å². The summed E-state index contributed by atoms with van der Waals surface area (Å²) < 4.78 is 5.65. The highest BCUT2D eigenvalue weighted by Gasteiger charge is 2.32. The van der Waals surface area contributed by atoms with Crippen molar-refractivity contribution in [2.24, 2.45) is 5.92 Å². The van der Waals surface area contributed by atoms with Crippen molar-refractivity contribution in [2.45, 2.75) is 75.8 Å². The molecule has 0 amide bonds. The number of esters is 1. The van der Waals surface area contributed by atoms with Gasteiger partial charge in [0.2, 0.25) is 0 Å². The predicted molar refractivity (Wildman–Crippen MR) is 125 cm³/mol. The van der Waals surface area contributed by atoms with E-state index in [0.29, 0.717) is 9.49 Å². The van der Waals surface area contributed by atoms with Gasteiger partial charge in [-0.1, -0.05) is 34.6 Å². The van der Waals surface area contributed by atoms with Crippen LogP contribution in [0, 0.1) is 5.92 Å². The first kappa shape index (κ1) is 24.4. The van der Waals surface area contributed by atoms with Crippen LogP contribution in [0.15, 0.2) is 0 Å². The summed E-state index contributed by atoms with van der Waals surface area (Å²) in [6.45, 7) is 17.5. The van der Waals surface area contributed by atoms with E-state index in [1.807, 2.05) is 0 Å². The lowest BCUT2D eigenvalue weighted by molar-refractivity contribution is -0.145. The number of hydrogen-bond donors (Lipinski definition) is 0. The van der Waals surface area contributed by atoms with Gasteiger partial charge in [-0.3, -0.25) is 9.69 Å². The maximum Gasteiger partial charge on any atom is 0.323 e. The first-order chi connectivity index (χ1) is 13.1. The third-order valence-electron chi connectivity index (χ3n) is 5.80. The zero-order valence-corrected chi connectivity index (χ0v) is 20.6. The first-order valence-corrected chi connectivity index (χ1v) is 12.9. The van der Waals surface area contributed by atoms with Crippen LogP contribution in [0.1, 0.15) is 60.3 Å². The molecule has 2 unspecified atom stereocenters. The van der Waals surface area contributed by atoms with Crippen LogP contribution in [0.25, 0.3) is 0 Å². The van der Waals surface area contributed by atoms with Gasteiger partial charge in [0.25, 0.3) is 0 Å². The van der Waals surface area contributed by atoms with E-state index in [4.69, 9.17) is 4.74 Å². The van der Waals surface area contributed by atoms with Crippen LogP contribution >= 0.6 is 23.5 Å². The fraction of sp³-hybridized carbons (Fsp3) is 0.955. The molecular weight excluding hydrogens is 388 g/mol. The zero-order chi connectivity index (χ0) is 20.8. The molecule has 0 aromatic rings. The van der Waals surface area contributed by atoms with Crippen molar-refractivity contribution >= 4 is 29.5 Å². The van der Waals surface area contributed by atoms with E-state index >= 15 is 0 Å². The highest BCUT2D eigenvalue weighted by Crippen LogP contribution is 2.35. The molecule has 0 saturated carbocycles. The molecule has 4 nitrogen and oxygen atoms in total. The van der Waals surface area contributed by atoms with Crippen LogP contribution in [-0.4, -0.2) is 82.6 Å². The van der Waals surface area contributed by atoms with Crippen LogP contribution in [0.3, 0.4) is 0 Å². The van der Waals surface area contributed by atoms with Gasteiger partial charge in [-0.2, -0.15) is 23.5 Å². The maximum absolute atomic E-state index is 11.9. The van der Waals surface area contributed by atoms with Crippen molar-refractivity contribution in [3.05, 3.63) is 0 Å². The smallest absolute Gasteiger partial charge is 0.323 e. The molecule has 0 aromatic carbocycles. The number of carbonyl (C=O) groups is 1. The largest absolute Gasteiger partial charge is 0.468 e. The van der Waals surface area contributed by atoms with E-state index in [1.165, 1.54) is 45.3 Å². The van der Waals surface area contributed by atoms with Gasteiger partial charge in [-0.05, 0) is 44.7 Å². The Balaban J connectivity index is 1.66. The first-order valence-electron chi connectivity index (χ1n) is 10.9. The summed E-state index contributed by atoms with van der Waals surface area (Å²) in [6.07, 6.45) is 4.70. The van der Waals surface area contributed by atoms with Gasteiger partial charge in [0, 0.05) is 40.6 Å². The van der Waals surface area contributed by atoms with E-state index in [1.54, 1.807) is 0 Å². The number of thioether (sulfide) groups is 2. The minimum Gasteiger partial charge on any atom is -0.468 e. The minimum absolute atomic E-state index is 0.0110. The fourth-order valence-electron chi connectivity index (χ4n) is 4.45. The van der Waals surface area contributed by atoms with E-state index < -0.39 is 0 Å². The van der Waals surface area contributed by atoms with Gasteiger partial charge in [0.15, 0.2) is 0 Å². The van der Waals surface area contributed by atoms with Crippen molar-refractivity contribution < 1.29 is 9.53 Å². The van der Waals surface area contributed by atoms with Crippen molar-refractivity contribution in [1.82, 2.24) is 9.80 Å².